The molecule has 18 heavy (non-hydrogen) atoms. The molecule has 0 bridgehead atoms. The van der Waals surface area contributed by atoms with Crippen molar-refractivity contribution < 1.29 is 14.8 Å². The quantitative estimate of drug-likeness (QED) is 0.492. The molecule has 0 aromatic heterocycles. The highest BCUT2D eigenvalue weighted by Crippen LogP contribution is 2.25. The molecule has 6 nitrogen and oxygen atoms in total. The molecule has 0 heterocycles. The van der Waals surface area contributed by atoms with E-state index in [0.29, 0.717) is 12.2 Å². The Morgan fingerprint density at radius 2 is 2.17 bits per heavy atom. The van der Waals surface area contributed by atoms with Crippen LogP contribution in [0.5, 0.6) is 0 Å². The van der Waals surface area contributed by atoms with E-state index in [1.807, 2.05) is 6.92 Å². The van der Waals surface area contributed by atoms with Gasteiger partial charge >= 0.3 is 5.97 Å². The summed E-state index contributed by atoms with van der Waals surface area (Å²) in [4.78, 5) is 22.8. The van der Waals surface area contributed by atoms with Crippen LogP contribution < -0.4 is 4.90 Å². The van der Waals surface area contributed by atoms with Crippen LogP contribution in [-0.2, 0) is 0 Å². The lowest BCUT2D eigenvalue weighted by Crippen LogP contribution is -2.19. The number of anilines is 1. The van der Waals surface area contributed by atoms with Crippen LogP contribution >= 0.6 is 0 Å². The van der Waals surface area contributed by atoms with Gasteiger partial charge in [0.2, 0.25) is 0 Å². The van der Waals surface area contributed by atoms with Crippen LogP contribution in [0, 0.1) is 10.1 Å². The first-order chi connectivity index (χ1) is 8.32. The minimum Gasteiger partial charge on any atom is -0.477 e. The van der Waals surface area contributed by atoms with E-state index >= 15 is 0 Å². The van der Waals surface area contributed by atoms with Gasteiger partial charge in [-0.05, 0) is 19.1 Å². The predicted molar refractivity (Wildman–Crippen MR) is 68.1 cm³/mol. The van der Waals surface area contributed by atoms with E-state index in [0.717, 1.165) is 5.57 Å². The molecule has 0 atom stereocenters. The van der Waals surface area contributed by atoms with Crippen molar-refractivity contribution in [3.8, 4) is 0 Å². The maximum atomic E-state index is 10.9. The molecule has 0 aliphatic carbocycles. The smallest absolute Gasteiger partial charge is 0.342 e. The zero-order chi connectivity index (χ0) is 13.9. The molecule has 0 spiro atoms. The Labute approximate surface area is 104 Å². The fourth-order valence-electron chi connectivity index (χ4n) is 1.59. The highest BCUT2D eigenvalue weighted by atomic mass is 16.6. The minimum absolute atomic E-state index is 0.313. The van der Waals surface area contributed by atoms with Gasteiger partial charge in [0, 0.05) is 25.3 Å². The number of rotatable bonds is 5. The zero-order valence-electron chi connectivity index (χ0n) is 10.2. The number of nitro benzene ring substituents is 1. The molecule has 1 N–H and O–H groups in total. The van der Waals surface area contributed by atoms with Crippen LogP contribution in [-0.4, -0.2) is 29.6 Å². The van der Waals surface area contributed by atoms with Crippen molar-refractivity contribution >= 4 is 17.3 Å². The van der Waals surface area contributed by atoms with Gasteiger partial charge in [0.1, 0.15) is 5.56 Å². The average molecular weight is 250 g/mol. The Morgan fingerprint density at radius 1 is 1.56 bits per heavy atom. The summed E-state index contributed by atoms with van der Waals surface area (Å²) >= 11 is 0. The molecule has 0 aliphatic rings. The van der Waals surface area contributed by atoms with Gasteiger partial charge in [-0.1, -0.05) is 12.2 Å². The molecule has 1 aromatic rings. The standard InChI is InChI=1S/C12H14N2O4/c1-8(2)7-13(3)9-4-5-10(12(15)16)11(6-9)14(17)18/h4-6H,1,7H2,2-3H3,(H,15,16). The molecule has 0 amide bonds. The monoisotopic (exact) mass is 250 g/mol. The lowest BCUT2D eigenvalue weighted by molar-refractivity contribution is -0.385. The van der Waals surface area contributed by atoms with Crippen molar-refractivity contribution in [1.82, 2.24) is 0 Å². The van der Waals surface area contributed by atoms with E-state index in [1.54, 1.807) is 18.0 Å². The number of aromatic carboxylic acids is 1. The zero-order valence-corrected chi connectivity index (χ0v) is 10.2. The Balaban J connectivity index is 3.18. The molecule has 0 saturated carbocycles. The number of likely N-dealkylation sites (N-methyl/N-ethyl adjacent to an activating group) is 1. The van der Waals surface area contributed by atoms with Crippen molar-refractivity contribution in [1.29, 1.82) is 0 Å². The first kappa shape index (κ1) is 13.7. The molecule has 0 radical (unpaired) electrons. The highest BCUT2D eigenvalue weighted by Gasteiger charge is 2.20. The first-order valence-electron chi connectivity index (χ1n) is 5.20. The van der Waals surface area contributed by atoms with Crippen LogP contribution in [0.2, 0.25) is 0 Å². The molecule has 0 unspecified atom stereocenters. The van der Waals surface area contributed by atoms with E-state index in [4.69, 9.17) is 5.11 Å². The van der Waals surface area contributed by atoms with Gasteiger partial charge < -0.3 is 10.0 Å². The topological polar surface area (TPSA) is 83.7 Å². The SMILES string of the molecule is C=C(C)CN(C)c1ccc(C(=O)O)c([N+](=O)[O-])c1. The number of hydrogen-bond donors (Lipinski definition) is 1. The number of nitro groups is 1. The van der Waals surface area contributed by atoms with Crippen LogP contribution in [0.25, 0.3) is 0 Å². The highest BCUT2D eigenvalue weighted by molar-refractivity contribution is 5.93. The molecule has 6 heteroatoms. The number of carbonyl (C=O) groups is 1. The van der Waals surface area contributed by atoms with E-state index in [1.165, 1.54) is 12.1 Å². The van der Waals surface area contributed by atoms with Gasteiger partial charge in [0.05, 0.1) is 4.92 Å². The third-order valence-electron chi connectivity index (χ3n) is 2.36. The average Bonchev–Trinajstić information content (AvgIpc) is 2.26. The summed E-state index contributed by atoms with van der Waals surface area (Å²) in [6.45, 7) is 6.14. The second kappa shape index (κ2) is 5.31. The van der Waals surface area contributed by atoms with Crippen molar-refractivity contribution in [3.63, 3.8) is 0 Å². The molecule has 1 rings (SSSR count). The van der Waals surface area contributed by atoms with E-state index in [2.05, 4.69) is 6.58 Å². The summed E-state index contributed by atoms with van der Waals surface area (Å²) in [6, 6.07) is 4.04. The van der Waals surface area contributed by atoms with Gasteiger partial charge in [-0.25, -0.2) is 4.79 Å². The summed E-state index contributed by atoms with van der Waals surface area (Å²) in [5.41, 5.74) is 0.762. The van der Waals surface area contributed by atoms with Crippen molar-refractivity contribution in [2.24, 2.45) is 0 Å². The number of hydrogen-bond acceptors (Lipinski definition) is 4. The van der Waals surface area contributed by atoms with Crippen molar-refractivity contribution in [2.75, 3.05) is 18.5 Å². The second-order valence-corrected chi connectivity index (χ2v) is 4.08. The van der Waals surface area contributed by atoms with Gasteiger partial charge in [-0.2, -0.15) is 0 Å². The van der Waals surface area contributed by atoms with E-state index < -0.39 is 16.6 Å². The van der Waals surface area contributed by atoms with Gasteiger partial charge in [-0.15, -0.1) is 0 Å². The third-order valence-corrected chi connectivity index (χ3v) is 2.36. The minimum atomic E-state index is -1.31. The van der Waals surface area contributed by atoms with Gasteiger partial charge in [-0.3, -0.25) is 10.1 Å². The van der Waals surface area contributed by atoms with Crippen molar-refractivity contribution in [2.45, 2.75) is 6.92 Å². The fraction of sp³-hybridized carbons (Fsp3) is 0.250. The van der Waals surface area contributed by atoms with Crippen molar-refractivity contribution in [3.05, 3.63) is 46.0 Å². The lowest BCUT2D eigenvalue weighted by Gasteiger charge is -2.19. The Bertz CT molecular complexity index is 511. The Hall–Kier alpha value is -2.37. The maximum Gasteiger partial charge on any atom is 0.342 e. The van der Waals surface area contributed by atoms with Gasteiger partial charge in [0.25, 0.3) is 5.69 Å². The summed E-state index contributed by atoms with van der Waals surface area (Å²) < 4.78 is 0. The summed E-state index contributed by atoms with van der Waals surface area (Å²) in [7, 11) is 1.76. The van der Waals surface area contributed by atoms with Crippen LogP contribution in [0.3, 0.4) is 0 Å². The third kappa shape index (κ3) is 3.07. The first-order valence-corrected chi connectivity index (χ1v) is 5.20. The summed E-state index contributed by atoms with van der Waals surface area (Å²) in [5, 5.41) is 19.7. The molecule has 96 valence electrons. The summed E-state index contributed by atoms with van der Waals surface area (Å²) in [5.74, 6) is -1.31. The number of carboxylic acid groups (broad SMARTS) is 1. The summed E-state index contributed by atoms with van der Waals surface area (Å²) in [6.07, 6.45) is 0. The van der Waals surface area contributed by atoms with Crippen LogP contribution in [0.15, 0.2) is 30.4 Å². The van der Waals surface area contributed by atoms with Gasteiger partial charge in [0.15, 0.2) is 0 Å². The fourth-order valence-corrected chi connectivity index (χ4v) is 1.59. The van der Waals surface area contributed by atoms with Crippen LogP contribution in [0.4, 0.5) is 11.4 Å². The molecule has 0 saturated heterocycles. The molecule has 1 aromatic carbocycles. The van der Waals surface area contributed by atoms with Crippen LogP contribution in [0.1, 0.15) is 17.3 Å². The largest absolute Gasteiger partial charge is 0.477 e. The number of carboxylic acids is 1. The van der Waals surface area contributed by atoms with E-state index in [9.17, 15) is 14.9 Å². The molecular formula is C12H14N2O4. The lowest BCUT2D eigenvalue weighted by atomic mass is 10.1. The van der Waals surface area contributed by atoms with E-state index in [-0.39, 0.29) is 5.56 Å². The number of nitrogens with zero attached hydrogens (tertiary/aromatic N) is 2. The second-order valence-electron chi connectivity index (χ2n) is 4.08. The Morgan fingerprint density at radius 3 is 2.61 bits per heavy atom. The molecular weight excluding hydrogens is 236 g/mol. The number of benzene rings is 1. The molecule has 0 aliphatic heterocycles. The predicted octanol–water partition coefficient (Wildman–Crippen LogP) is 2.31. The normalized spacial score (nSPS) is 9.89. The molecule has 0 fully saturated rings. The maximum absolute atomic E-state index is 10.9. The Kier molecular flexibility index (Phi) is 4.04.